The van der Waals surface area contributed by atoms with Crippen molar-refractivity contribution in [3.8, 4) is 5.75 Å². The van der Waals surface area contributed by atoms with E-state index in [9.17, 15) is 4.79 Å². The number of esters is 1. The van der Waals surface area contributed by atoms with Crippen LogP contribution < -0.4 is 4.74 Å². The summed E-state index contributed by atoms with van der Waals surface area (Å²) >= 11 is 0. The van der Waals surface area contributed by atoms with E-state index in [1.54, 1.807) is 0 Å². The molecule has 1 heterocycles. The van der Waals surface area contributed by atoms with E-state index in [4.69, 9.17) is 4.74 Å². The summed E-state index contributed by atoms with van der Waals surface area (Å²) in [5.74, 6) is 1.41. The van der Waals surface area contributed by atoms with Crippen molar-refractivity contribution in [3.63, 3.8) is 0 Å². The third-order valence-electron chi connectivity index (χ3n) is 3.48. The van der Waals surface area contributed by atoms with Gasteiger partial charge in [-0.05, 0) is 29.9 Å². The molecule has 0 fully saturated rings. The molecule has 0 aromatic heterocycles. The molecule has 0 spiro atoms. The summed E-state index contributed by atoms with van der Waals surface area (Å²) in [6, 6.07) is 4.31. The van der Waals surface area contributed by atoms with Crippen LogP contribution in [0.4, 0.5) is 0 Å². The van der Waals surface area contributed by atoms with Crippen molar-refractivity contribution in [3.05, 3.63) is 28.8 Å². The van der Waals surface area contributed by atoms with E-state index >= 15 is 0 Å². The summed E-state index contributed by atoms with van der Waals surface area (Å²) in [7, 11) is 0. The van der Waals surface area contributed by atoms with Crippen molar-refractivity contribution in [2.45, 2.75) is 52.4 Å². The normalized spacial score (nSPS) is 18.8. The summed E-state index contributed by atoms with van der Waals surface area (Å²) in [5, 5.41) is 0. The Labute approximate surface area is 103 Å². The predicted octanol–water partition coefficient (Wildman–Crippen LogP) is 3.96. The standard InChI is InChI=1S/C15H20O2/c1-8(2)11-6-12(9(3)4)14-13(7-11)10(5)15(16)17-14/h6-10H,1-5H3. The van der Waals surface area contributed by atoms with Gasteiger partial charge in [-0.1, -0.05) is 39.8 Å². The molecule has 1 aliphatic rings. The van der Waals surface area contributed by atoms with Crippen LogP contribution in [0.15, 0.2) is 12.1 Å². The van der Waals surface area contributed by atoms with E-state index in [1.165, 1.54) is 5.56 Å². The van der Waals surface area contributed by atoms with Crippen LogP contribution in [0, 0.1) is 0 Å². The number of carbonyl (C=O) groups excluding carboxylic acids is 1. The molecule has 1 aliphatic heterocycles. The highest BCUT2D eigenvalue weighted by Crippen LogP contribution is 2.42. The van der Waals surface area contributed by atoms with E-state index in [1.807, 2.05) is 6.92 Å². The van der Waals surface area contributed by atoms with E-state index in [0.29, 0.717) is 11.8 Å². The molecule has 1 atom stereocenters. The minimum atomic E-state index is -0.124. The molecule has 0 saturated heterocycles. The molecule has 0 radical (unpaired) electrons. The molecular formula is C15H20O2. The molecule has 2 rings (SSSR count). The first-order valence-corrected chi connectivity index (χ1v) is 6.31. The van der Waals surface area contributed by atoms with Crippen molar-refractivity contribution in [1.82, 2.24) is 0 Å². The second-order valence-corrected chi connectivity index (χ2v) is 5.48. The lowest BCUT2D eigenvalue weighted by Crippen LogP contribution is -2.06. The van der Waals surface area contributed by atoms with Gasteiger partial charge in [0.1, 0.15) is 5.75 Å². The molecule has 92 valence electrons. The number of hydrogen-bond donors (Lipinski definition) is 0. The SMILES string of the molecule is CC(C)c1cc(C(C)C)c2c(c1)C(C)C(=O)O2. The van der Waals surface area contributed by atoms with Gasteiger partial charge in [-0.25, -0.2) is 0 Å². The first kappa shape index (κ1) is 12.2. The third kappa shape index (κ3) is 1.97. The van der Waals surface area contributed by atoms with Gasteiger partial charge >= 0.3 is 5.97 Å². The summed E-state index contributed by atoms with van der Waals surface area (Å²) < 4.78 is 5.41. The number of fused-ring (bicyclic) bond motifs is 1. The summed E-state index contributed by atoms with van der Waals surface area (Å²) in [5.41, 5.74) is 3.51. The van der Waals surface area contributed by atoms with Crippen LogP contribution in [0.3, 0.4) is 0 Å². The summed E-state index contributed by atoms with van der Waals surface area (Å²) in [6.07, 6.45) is 0. The first-order chi connectivity index (χ1) is 7.91. The maximum atomic E-state index is 11.7. The van der Waals surface area contributed by atoms with Crippen LogP contribution in [0.1, 0.15) is 69.1 Å². The van der Waals surface area contributed by atoms with Gasteiger partial charge in [0.05, 0.1) is 5.92 Å². The van der Waals surface area contributed by atoms with Crippen LogP contribution >= 0.6 is 0 Å². The third-order valence-corrected chi connectivity index (χ3v) is 3.48. The van der Waals surface area contributed by atoms with Gasteiger partial charge in [0.2, 0.25) is 0 Å². The number of hydrogen-bond acceptors (Lipinski definition) is 2. The lowest BCUT2D eigenvalue weighted by Gasteiger charge is -2.15. The fourth-order valence-corrected chi connectivity index (χ4v) is 2.22. The van der Waals surface area contributed by atoms with Gasteiger partial charge < -0.3 is 4.74 Å². The highest BCUT2D eigenvalue weighted by atomic mass is 16.5. The number of carbonyl (C=O) groups is 1. The monoisotopic (exact) mass is 232 g/mol. The van der Waals surface area contributed by atoms with E-state index < -0.39 is 0 Å². The van der Waals surface area contributed by atoms with Crippen molar-refractivity contribution in [2.75, 3.05) is 0 Å². The van der Waals surface area contributed by atoms with Crippen LogP contribution in [0.5, 0.6) is 5.75 Å². The van der Waals surface area contributed by atoms with E-state index in [0.717, 1.165) is 16.9 Å². The molecule has 0 amide bonds. The topological polar surface area (TPSA) is 26.3 Å². The van der Waals surface area contributed by atoms with Gasteiger partial charge in [0.25, 0.3) is 0 Å². The quantitative estimate of drug-likeness (QED) is 0.570. The average molecular weight is 232 g/mol. The smallest absolute Gasteiger partial charge is 0.318 e. The van der Waals surface area contributed by atoms with Crippen molar-refractivity contribution >= 4 is 5.97 Å². The first-order valence-electron chi connectivity index (χ1n) is 6.31. The van der Waals surface area contributed by atoms with Gasteiger partial charge in [-0.2, -0.15) is 0 Å². The zero-order chi connectivity index (χ0) is 12.7. The Morgan fingerprint density at radius 3 is 2.29 bits per heavy atom. The fourth-order valence-electron chi connectivity index (χ4n) is 2.22. The van der Waals surface area contributed by atoms with E-state index in [2.05, 4.69) is 39.8 Å². The van der Waals surface area contributed by atoms with Crippen LogP contribution in [0.2, 0.25) is 0 Å². The molecule has 1 aromatic carbocycles. The Morgan fingerprint density at radius 1 is 1.12 bits per heavy atom. The Kier molecular flexibility index (Phi) is 2.98. The van der Waals surface area contributed by atoms with E-state index in [-0.39, 0.29) is 11.9 Å². The second kappa shape index (κ2) is 4.17. The van der Waals surface area contributed by atoms with Crippen LogP contribution in [-0.4, -0.2) is 5.97 Å². The van der Waals surface area contributed by atoms with Crippen LogP contribution in [0.25, 0.3) is 0 Å². The fraction of sp³-hybridized carbons (Fsp3) is 0.533. The lowest BCUT2D eigenvalue weighted by atomic mass is 9.89. The highest BCUT2D eigenvalue weighted by Gasteiger charge is 2.32. The van der Waals surface area contributed by atoms with Crippen molar-refractivity contribution in [1.29, 1.82) is 0 Å². The van der Waals surface area contributed by atoms with Gasteiger partial charge in [0.15, 0.2) is 0 Å². The zero-order valence-corrected chi connectivity index (χ0v) is 11.2. The lowest BCUT2D eigenvalue weighted by molar-refractivity contribution is -0.133. The largest absolute Gasteiger partial charge is 0.425 e. The summed E-state index contributed by atoms with van der Waals surface area (Å²) in [4.78, 5) is 11.7. The average Bonchev–Trinajstić information content (AvgIpc) is 2.54. The number of ether oxygens (including phenoxy) is 1. The van der Waals surface area contributed by atoms with Crippen LogP contribution in [-0.2, 0) is 4.79 Å². The molecule has 2 nitrogen and oxygen atoms in total. The Balaban J connectivity index is 2.62. The Bertz CT molecular complexity index is 458. The molecule has 0 saturated carbocycles. The molecule has 0 aliphatic carbocycles. The van der Waals surface area contributed by atoms with Gasteiger partial charge in [0, 0.05) is 5.56 Å². The number of benzene rings is 1. The Morgan fingerprint density at radius 2 is 1.76 bits per heavy atom. The molecule has 0 N–H and O–H groups in total. The number of rotatable bonds is 2. The molecule has 1 aromatic rings. The molecular weight excluding hydrogens is 212 g/mol. The predicted molar refractivity (Wildman–Crippen MR) is 68.7 cm³/mol. The molecule has 2 heteroatoms. The molecule has 1 unspecified atom stereocenters. The highest BCUT2D eigenvalue weighted by molar-refractivity contribution is 5.86. The molecule has 0 bridgehead atoms. The zero-order valence-electron chi connectivity index (χ0n) is 11.2. The van der Waals surface area contributed by atoms with Crippen molar-refractivity contribution in [2.24, 2.45) is 0 Å². The Hall–Kier alpha value is -1.31. The minimum absolute atomic E-state index is 0.122. The summed E-state index contributed by atoms with van der Waals surface area (Å²) in [6.45, 7) is 10.5. The van der Waals surface area contributed by atoms with Gasteiger partial charge in [-0.3, -0.25) is 4.79 Å². The molecule has 17 heavy (non-hydrogen) atoms. The maximum Gasteiger partial charge on any atom is 0.318 e. The van der Waals surface area contributed by atoms with Crippen molar-refractivity contribution < 1.29 is 9.53 Å². The minimum Gasteiger partial charge on any atom is -0.425 e. The second-order valence-electron chi connectivity index (χ2n) is 5.48. The van der Waals surface area contributed by atoms with Gasteiger partial charge in [-0.15, -0.1) is 0 Å². The maximum absolute atomic E-state index is 11.7.